The van der Waals surface area contributed by atoms with E-state index in [1.54, 1.807) is 6.07 Å². The summed E-state index contributed by atoms with van der Waals surface area (Å²) in [7, 11) is 0. The van der Waals surface area contributed by atoms with E-state index < -0.39 is 0 Å². The zero-order valence-corrected chi connectivity index (χ0v) is 10.7. The van der Waals surface area contributed by atoms with Crippen molar-refractivity contribution in [1.29, 1.82) is 0 Å². The molecule has 0 saturated carbocycles. The van der Waals surface area contributed by atoms with Crippen LogP contribution in [-0.2, 0) is 11.2 Å². The first-order valence-electron chi connectivity index (χ1n) is 5.69. The zero-order chi connectivity index (χ0) is 12.4. The first kappa shape index (κ1) is 12.1. The summed E-state index contributed by atoms with van der Waals surface area (Å²) in [6.45, 7) is 5.20. The lowest BCUT2D eigenvalue weighted by Crippen LogP contribution is -2.54. The first-order valence-corrected chi connectivity index (χ1v) is 6.07. The number of hydrogen-bond donors (Lipinski definition) is 1. The Morgan fingerprint density at radius 3 is 3.06 bits per heavy atom. The molecular weight excluding hydrogens is 240 g/mol. The van der Waals surface area contributed by atoms with E-state index in [2.05, 4.69) is 15.3 Å². The number of amides is 1. The molecule has 17 heavy (non-hydrogen) atoms. The molecule has 92 valence electrons. The standard InChI is InChI=1S/C11H15ClN4O/c1-3-9-14-8(12)6-10(15-9)16-5-4-13-11(17)7(16)2/h6-7H,3-5H2,1-2H3,(H,13,17). The molecule has 1 atom stereocenters. The van der Waals surface area contributed by atoms with E-state index >= 15 is 0 Å². The van der Waals surface area contributed by atoms with E-state index in [1.165, 1.54) is 0 Å². The molecule has 1 aromatic rings. The predicted molar refractivity (Wildman–Crippen MR) is 66.2 cm³/mol. The molecule has 1 N–H and O–H groups in total. The second kappa shape index (κ2) is 4.87. The highest BCUT2D eigenvalue weighted by Crippen LogP contribution is 2.19. The molecule has 5 nitrogen and oxygen atoms in total. The van der Waals surface area contributed by atoms with Gasteiger partial charge in [0.2, 0.25) is 5.91 Å². The molecule has 1 aromatic heterocycles. The number of anilines is 1. The van der Waals surface area contributed by atoms with Gasteiger partial charge < -0.3 is 10.2 Å². The molecular formula is C11H15ClN4O. The first-order chi connectivity index (χ1) is 8.11. The van der Waals surface area contributed by atoms with E-state index in [9.17, 15) is 4.79 Å². The fourth-order valence-electron chi connectivity index (χ4n) is 1.85. The van der Waals surface area contributed by atoms with Gasteiger partial charge in [-0.25, -0.2) is 9.97 Å². The number of nitrogens with one attached hydrogen (secondary N) is 1. The summed E-state index contributed by atoms with van der Waals surface area (Å²) in [6, 6.07) is 1.48. The molecule has 1 fully saturated rings. The van der Waals surface area contributed by atoms with Crippen molar-refractivity contribution in [1.82, 2.24) is 15.3 Å². The number of piperazine rings is 1. The van der Waals surface area contributed by atoms with Gasteiger partial charge in [0.25, 0.3) is 0 Å². The Balaban J connectivity index is 2.32. The molecule has 0 aliphatic carbocycles. The molecule has 1 unspecified atom stereocenters. The number of aromatic nitrogens is 2. The number of rotatable bonds is 2. The van der Waals surface area contributed by atoms with E-state index in [4.69, 9.17) is 11.6 Å². The van der Waals surface area contributed by atoms with Gasteiger partial charge in [-0.05, 0) is 6.92 Å². The van der Waals surface area contributed by atoms with Crippen molar-refractivity contribution in [3.05, 3.63) is 17.0 Å². The summed E-state index contributed by atoms with van der Waals surface area (Å²) >= 11 is 5.95. The zero-order valence-electron chi connectivity index (χ0n) is 9.90. The molecule has 2 heterocycles. The van der Waals surface area contributed by atoms with Crippen LogP contribution >= 0.6 is 11.6 Å². The summed E-state index contributed by atoms with van der Waals surface area (Å²) in [6.07, 6.45) is 0.724. The van der Waals surface area contributed by atoms with Crippen LogP contribution in [0.2, 0.25) is 5.15 Å². The number of halogens is 1. The number of hydrogen-bond acceptors (Lipinski definition) is 4. The van der Waals surface area contributed by atoms with Gasteiger partial charge in [-0.2, -0.15) is 0 Å². The van der Waals surface area contributed by atoms with Gasteiger partial charge in [-0.1, -0.05) is 18.5 Å². The van der Waals surface area contributed by atoms with Crippen molar-refractivity contribution >= 4 is 23.3 Å². The summed E-state index contributed by atoms with van der Waals surface area (Å²) in [4.78, 5) is 22.1. The van der Waals surface area contributed by atoms with Gasteiger partial charge in [0, 0.05) is 25.6 Å². The van der Waals surface area contributed by atoms with E-state index in [0.717, 1.165) is 18.8 Å². The molecule has 0 radical (unpaired) electrons. The van der Waals surface area contributed by atoms with Gasteiger partial charge in [0.15, 0.2) is 0 Å². The van der Waals surface area contributed by atoms with Gasteiger partial charge >= 0.3 is 0 Å². The Hall–Kier alpha value is -1.36. The quantitative estimate of drug-likeness (QED) is 0.801. The van der Waals surface area contributed by atoms with Gasteiger partial charge in [0.1, 0.15) is 22.8 Å². The highest BCUT2D eigenvalue weighted by Gasteiger charge is 2.26. The van der Waals surface area contributed by atoms with Crippen LogP contribution in [-0.4, -0.2) is 35.0 Å². The van der Waals surface area contributed by atoms with Crippen LogP contribution in [0.3, 0.4) is 0 Å². The lowest BCUT2D eigenvalue weighted by Gasteiger charge is -2.33. The van der Waals surface area contributed by atoms with Gasteiger partial charge in [-0.3, -0.25) is 4.79 Å². The van der Waals surface area contributed by atoms with Gasteiger partial charge in [0.05, 0.1) is 0 Å². The fraction of sp³-hybridized carbons (Fsp3) is 0.545. The maximum Gasteiger partial charge on any atom is 0.242 e. The number of carbonyl (C=O) groups is 1. The van der Waals surface area contributed by atoms with Crippen molar-refractivity contribution < 1.29 is 4.79 Å². The predicted octanol–water partition coefficient (Wildman–Crippen LogP) is 1.02. The molecule has 0 aromatic carbocycles. The third-order valence-electron chi connectivity index (χ3n) is 2.84. The van der Waals surface area contributed by atoms with E-state index in [1.807, 2.05) is 18.7 Å². The Kier molecular flexibility index (Phi) is 3.47. The van der Waals surface area contributed by atoms with Crippen LogP contribution in [0, 0.1) is 0 Å². The maximum absolute atomic E-state index is 11.6. The Morgan fingerprint density at radius 1 is 1.59 bits per heavy atom. The van der Waals surface area contributed by atoms with Crippen LogP contribution < -0.4 is 10.2 Å². The molecule has 1 amide bonds. The van der Waals surface area contributed by atoms with Gasteiger partial charge in [-0.15, -0.1) is 0 Å². The molecule has 2 rings (SSSR count). The maximum atomic E-state index is 11.6. The monoisotopic (exact) mass is 254 g/mol. The van der Waals surface area contributed by atoms with Crippen LogP contribution in [0.25, 0.3) is 0 Å². The third-order valence-corrected chi connectivity index (χ3v) is 3.03. The lowest BCUT2D eigenvalue weighted by molar-refractivity contribution is -0.122. The summed E-state index contributed by atoms with van der Waals surface area (Å²) < 4.78 is 0. The average molecular weight is 255 g/mol. The lowest BCUT2D eigenvalue weighted by atomic mass is 10.2. The van der Waals surface area contributed by atoms with Crippen molar-refractivity contribution in [3.8, 4) is 0 Å². The molecule has 0 bridgehead atoms. The topological polar surface area (TPSA) is 58.1 Å². The summed E-state index contributed by atoms with van der Waals surface area (Å²) in [5.74, 6) is 1.44. The van der Waals surface area contributed by atoms with Crippen molar-refractivity contribution in [2.45, 2.75) is 26.3 Å². The minimum absolute atomic E-state index is 0.0176. The second-order valence-electron chi connectivity index (χ2n) is 3.98. The van der Waals surface area contributed by atoms with Crippen molar-refractivity contribution in [2.24, 2.45) is 0 Å². The number of aryl methyl sites for hydroxylation is 1. The van der Waals surface area contributed by atoms with Crippen LogP contribution in [0.1, 0.15) is 19.7 Å². The Labute approximate surface area is 105 Å². The second-order valence-corrected chi connectivity index (χ2v) is 4.37. The highest BCUT2D eigenvalue weighted by molar-refractivity contribution is 6.29. The van der Waals surface area contributed by atoms with Crippen molar-refractivity contribution in [2.75, 3.05) is 18.0 Å². The molecule has 1 aliphatic rings. The molecule has 1 saturated heterocycles. The van der Waals surface area contributed by atoms with Crippen molar-refractivity contribution in [3.63, 3.8) is 0 Å². The minimum Gasteiger partial charge on any atom is -0.353 e. The van der Waals surface area contributed by atoms with E-state index in [-0.39, 0.29) is 11.9 Å². The Bertz CT molecular complexity index is 437. The molecule has 1 aliphatic heterocycles. The molecule has 6 heteroatoms. The minimum atomic E-state index is -0.223. The van der Waals surface area contributed by atoms with Crippen LogP contribution in [0.15, 0.2) is 6.07 Å². The highest BCUT2D eigenvalue weighted by atomic mass is 35.5. The normalized spacial score (nSPS) is 20.3. The third kappa shape index (κ3) is 2.49. The SMILES string of the molecule is CCc1nc(Cl)cc(N2CCNC(=O)C2C)n1. The fourth-order valence-corrected chi connectivity index (χ4v) is 2.05. The van der Waals surface area contributed by atoms with E-state index in [0.29, 0.717) is 17.5 Å². The summed E-state index contributed by atoms with van der Waals surface area (Å²) in [5, 5.41) is 3.24. The van der Waals surface area contributed by atoms with Crippen LogP contribution in [0.5, 0.6) is 0 Å². The number of nitrogens with zero attached hydrogens (tertiary/aromatic N) is 3. The number of carbonyl (C=O) groups excluding carboxylic acids is 1. The molecule has 0 spiro atoms. The summed E-state index contributed by atoms with van der Waals surface area (Å²) in [5.41, 5.74) is 0. The van der Waals surface area contributed by atoms with Crippen LogP contribution in [0.4, 0.5) is 5.82 Å². The Morgan fingerprint density at radius 2 is 2.35 bits per heavy atom. The largest absolute Gasteiger partial charge is 0.353 e. The smallest absolute Gasteiger partial charge is 0.242 e. The average Bonchev–Trinajstić information content (AvgIpc) is 2.31.